The van der Waals surface area contributed by atoms with Gasteiger partial charge in [0.2, 0.25) is 0 Å². The summed E-state index contributed by atoms with van der Waals surface area (Å²) in [7, 11) is 0. The second-order valence-corrected chi connectivity index (χ2v) is 6.66. The lowest BCUT2D eigenvalue weighted by Gasteiger charge is -2.08. The van der Waals surface area contributed by atoms with E-state index in [-0.39, 0.29) is 6.42 Å². The van der Waals surface area contributed by atoms with Gasteiger partial charge in [0.05, 0.1) is 11.2 Å². The number of hydrogen-bond donors (Lipinski definition) is 1. The van der Waals surface area contributed by atoms with Crippen molar-refractivity contribution < 1.29 is 14.3 Å². The van der Waals surface area contributed by atoms with Gasteiger partial charge in [0.15, 0.2) is 0 Å². The monoisotopic (exact) mass is 364 g/mol. The molecule has 0 aliphatic heterocycles. The highest BCUT2D eigenvalue weighted by atomic mass is 16.4. The van der Waals surface area contributed by atoms with E-state index in [1.165, 1.54) is 0 Å². The SMILES string of the molecule is C/C(=N/Nc1cc(C)c2cccc(C)c2n1)c1cc(CCC(=O)[O-])oc1C. The molecule has 0 bridgehead atoms. The van der Waals surface area contributed by atoms with Crippen molar-refractivity contribution in [1.82, 2.24) is 4.98 Å². The van der Waals surface area contributed by atoms with Gasteiger partial charge in [-0.2, -0.15) is 5.10 Å². The molecule has 0 fully saturated rings. The third-order valence-corrected chi connectivity index (χ3v) is 4.52. The zero-order valence-corrected chi connectivity index (χ0v) is 15.9. The van der Waals surface area contributed by atoms with Crippen molar-refractivity contribution in [2.75, 3.05) is 5.43 Å². The molecule has 1 N–H and O–H groups in total. The Labute approximate surface area is 157 Å². The number of hydrazone groups is 1. The number of hydrogen-bond acceptors (Lipinski definition) is 6. The summed E-state index contributed by atoms with van der Waals surface area (Å²) in [6, 6.07) is 9.91. The van der Waals surface area contributed by atoms with Crippen LogP contribution < -0.4 is 10.5 Å². The van der Waals surface area contributed by atoms with E-state index in [0.29, 0.717) is 23.8 Å². The zero-order valence-electron chi connectivity index (χ0n) is 15.9. The first-order valence-corrected chi connectivity index (χ1v) is 8.82. The van der Waals surface area contributed by atoms with Crippen molar-refractivity contribution in [2.24, 2.45) is 5.10 Å². The third kappa shape index (κ3) is 4.16. The van der Waals surface area contributed by atoms with Gasteiger partial charge < -0.3 is 14.3 Å². The smallest absolute Gasteiger partial charge is 0.147 e. The van der Waals surface area contributed by atoms with Crippen LogP contribution in [-0.4, -0.2) is 16.7 Å². The minimum absolute atomic E-state index is 0.0690. The summed E-state index contributed by atoms with van der Waals surface area (Å²) >= 11 is 0. The van der Waals surface area contributed by atoms with Gasteiger partial charge in [-0.15, -0.1) is 0 Å². The Morgan fingerprint density at radius 3 is 2.74 bits per heavy atom. The lowest BCUT2D eigenvalue weighted by atomic mass is 10.1. The molecule has 0 aliphatic rings. The Hall–Kier alpha value is -3.15. The van der Waals surface area contributed by atoms with Gasteiger partial charge in [-0.05, 0) is 57.4 Å². The summed E-state index contributed by atoms with van der Waals surface area (Å²) in [5.41, 5.74) is 7.79. The number of benzene rings is 1. The standard InChI is InChI=1S/C21H23N3O3/c1-12-6-5-7-17-13(2)10-19(22-21(12)17)24-23-14(3)18-11-16(27-15(18)4)8-9-20(25)26/h5-7,10-11H,8-9H2,1-4H3,(H,22,24)(H,25,26)/p-1/b23-14-. The Bertz CT molecular complexity index is 1030. The molecule has 3 rings (SSSR count). The summed E-state index contributed by atoms with van der Waals surface area (Å²) in [5.74, 6) is 0.888. The second-order valence-electron chi connectivity index (χ2n) is 6.66. The molecular weight excluding hydrogens is 342 g/mol. The number of furan rings is 1. The fourth-order valence-electron chi connectivity index (χ4n) is 3.07. The fourth-order valence-corrected chi connectivity index (χ4v) is 3.07. The number of nitrogens with one attached hydrogen (secondary N) is 1. The van der Waals surface area contributed by atoms with Crippen LogP contribution in [0.15, 0.2) is 39.9 Å². The van der Waals surface area contributed by atoms with Gasteiger partial charge in [-0.1, -0.05) is 18.2 Å². The number of pyridine rings is 1. The molecule has 0 aliphatic carbocycles. The first kappa shape index (κ1) is 18.6. The maximum Gasteiger partial charge on any atom is 0.147 e. The molecule has 0 radical (unpaired) electrons. The van der Waals surface area contributed by atoms with Crippen LogP contribution in [0, 0.1) is 20.8 Å². The van der Waals surface area contributed by atoms with Crippen LogP contribution in [0.2, 0.25) is 0 Å². The molecule has 140 valence electrons. The van der Waals surface area contributed by atoms with Gasteiger partial charge in [0.1, 0.15) is 17.3 Å². The first-order chi connectivity index (χ1) is 12.8. The van der Waals surface area contributed by atoms with E-state index in [1.807, 2.05) is 45.0 Å². The largest absolute Gasteiger partial charge is 0.550 e. The normalized spacial score (nSPS) is 11.8. The molecule has 0 unspecified atom stereocenters. The van der Waals surface area contributed by atoms with E-state index >= 15 is 0 Å². The molecule has 6 nitrogen and oxygen atoms in total. The van der Waals surface area contributed by atoms with E-state index in [2.05, 4.69) is 28.5 Å². The van der Waals surface area contributed by atoms with Crippen LogP contribution in [0.1, 0.15) is 41.6 Å². The van der Waals surface area contributed by atoms with Crippen molar-refractivity contribution in [3.8, 4) is 0 Å². The minimum atomic E-state index is -1.09. The highest BCUT2D eigenvalue weighted by Crippen LogP contribution is 2.23. The van der Waals surface area contributed by atoms with Crippen LogP contribution in [0.4, 0.5) is 5.82 Å². The molecule has 1 aromatic carbocycles. The van der Waals surface area contributed by atoms with E-state index in [9.17, 15) is 9.90 Å². The predicted octanol–water partition coefficient (Wildman–Crippen LogP) is 3.27. The third-order valence-electron chi connectivity index (χ3n) is 4.52. The quantitative estimate of drug-likeness (QED) is 0.535. The van der Waals surface area contributed by atoms with Gasteiger partial charge in [0.25, 0.3) is 0 Å². The predicted molar refractivity (Wildman–Crippen MR) is 104 cm³/mol. The van der Waals surface area contributed by atoms with Crippen LogP contribution >= 0.6 is 0 Å². The van der Waals surface area contributed by atoms with Crippen LogP contribution in [0.5, 0.6) is 0 Å². The summed E-state index contributed by atoms with van der Waals surface area (Å²) in [6.07, 6.45) is 0.231. The Morgan fingerprint density at radius 1 is 1.22 bits per heavy atom. The molecule has 6 heteroatoms. The maximum atomic E-state index is 10.6. The van der Waals surface area contributed by atoms with E-state index in [0.717, 1.165) is 33.3 Å². The average Bonchev–Trinajstić information content (AvgIpc) is 3.00. The molecule has 0 saturated carbocycles. The van der Waals surface area contributed by atoms with E-state index in [1.54, 1.807) is 0 Å². The number of carboxylic acids is 1. The Kier molecular flexibility index (Phi) is 5.26. The molecular formula is C21H22N3O3-. The first-order valence-electron chi connectivity index (χ1n) is 8.82. The summed E-state index contributed by atoms with van der Waals surface area (Å²) in [6.45, 7) is 7.79. The van der Waals surface area contributed by atoms with Crippen LogP contribution in [0.3, 0.4) is 0 Å². The van der Waals surface area contributed by atoms with Crippen molar-refractivity contribution in [2.45, 2.75) is 40.5 Å². The number of para-hydroxylation sites is 1. The Morgan fingerprint density at radius 2 is 2.00 bits per heavy atom. The van der Waals surface area contributed by atoms with Crippen LogP contribution in [0.25, 0.3) is 10.9 Å². The molecule has 0 spiro atoms. The number of fused-ring (bicyclic) bond motifs is 1. The average molecular weight is 364 g/mol. The van der Waals surface area contributed by atoms with Gasteiger partial charge in [0, 0.05) is 23.3 Å². The molecule has 27 heavy (non-hydrogen) atoms. The number of rotatable bonds is 6. The molecule has 2 aromatic heterocycles. The molecule has 2 heterocycles. The number of anilines is 1. The number of carbonyl (C=O) groups excluding carboxylic acids is 1. The molecule has 3 aromatic rings. The van der Waals surface area contributed by atoms with Crippen molar-refractivity contribution in [1.29, 1.82) is 0 Å². The number of nitrogens with zero attached hydrogens (tertiary/aromatic N) is 2. The van der Waals surface area contributed by atoms with Gasteiger partial charge in [-0.25, -0.2) is 4.98 Å². The second kappa shape index (κ2) is 7.61. The van der Waals surface area contributed by atoms with E-state index < -0.39 is 5.97 Å². The molecule has 0 atom stereocenters. The minimum Gasteiger partial charge on any atom is -0.550 e. The lowest BCUT2D eigenvalue weighted by Crippen LogP contribution is -2.22. The highest BCUT2D eigenvalue weighted by Gasteiger charge is 2.11. The zero-order chi connectivity index (χ0) is 19.6. The summed E-state index contributed by atoms with van der Waals surface area (Å²) in [5, 5.41) is 16.2. The summed E-state index contributed by atoms with van der Waals surface area (Å²) < 4.78 is 5.62. The number of aromatic nitrogens is 1. The Balaban J connectivity index is 1.83. The maximum absolute atomic E-state index is 10.6. The van der Waals surface area contributed by atoms with Crippen molar-refractivity contribution in [3.63, 3.8) is 0 Å². The highest BCUT2D eigenvalue weighted by molar-refractivity contribution is 6.00. The van der Waals surface area contributed by atoms with Gasteiger partial charge >= 0.3 is 0 Å². The molecule has 0 amide bonds. The van der Waals surface area contributed by atoms with Gasteiger partial charge in [-0.3, -0.25) is 5.43 Å². The number of aryl methyl sites for hydroxylation is 4. The topological polar surface area (TPSA) is 90.5 Å². The lowest BCUT2D eigenvalue weighted by molar-refractivity contribution is -0.305. The number of carbonyl (C=O) groups is 1. The number of carboxylic acid groups (broad SMARTS) is 1. The van der Waals surface area contributed by atoms with Crippen molar-refractivity contribution in [3.05, 3.63) is 58.5 Å². The number of aliphatic carboxylic acids is 1. The summed E-state index contributed by atoms with van der Waals surface area (Å²) in [4.78, 5) is 15.3. The van der Waals surface area contributed by atoms with E-state index in [4.69, 9.17) is 4.42 Å². The van der Waals surface area contributed by atoms with Crippen LogP contribution in [-0.2, 0) is 11.2 Å². The fraction of sp³-hybridized carbons (Fsp3) is 0.286. The van der Waals surface area contributed by atoms with Crippen molar-refractivity contribution >= 4 is 28.4 Å². The molecule has 0 saturated heterocycles.